The predicted molar refractivity (Wildman–Crippen MR) is 136 cm³/mol. The van der Waals surface area contributed by atoms with Crippen molar-refractivity contribution in [3.8, 4) is 5.75 Å². The van der Waals surface area contributed by atoms with Crippen molar-refractivity contribution in [1.82, 2.24) is 0 Å². The third kappa shape index (κ3) is 4.98. The first-order valence-electron chi connectivity index (χ1n) is 11.8. The first-order chi connectivity index (χ1) is 16.1. The number of Topliss-reactive ketones (excluding diaryl/α,β-unsaturated/α-hetero) is 1. The SMILES string of the molecule is CCC(=N)CCCc1ccccc1C(=O)C1=C(c2ccc(OC)cc2)CCc2ccccc21. The molecule has 0 bridgehead atoms. The molecular formula is C30H31NO2. The fourth-order valence-electron chi connectivity index (χ4n) is 4.63. The summed E-state index contributed by atoms with van der Waals surface area (Å²) in [7, 11) is 1.67. The molecule has 0 fully saturated rings. The number of hydrogen-bond donors (Lipinski definition) is 1. The zero-order chi connectivity index (χ0) is 23.2. The molecule has 0 saturated carbocycles. The van der Waals surface area contributed by atoms with Crippen molar-refractivity contribution in [2.45, 2.75) is 45.4 Å². The second-order valence-corrected chi connectivity index (χ2v) is 8.54. The van der Waals surface area contributed by atoms with Gasteiger partial charge in [-0.3, -0.25) is 4.79 Å². The summed E-state index contributed by atoms with van der Waals surface area (Å²) in [5, 5.41) is 7.95. The Morgan fingerprint density at radius 1 is 0.939 bits per heavy atom. The van der Waals surface area contributed by atoms with Crippen LogP contribution in [0.3, 0.4) is 0 Å². The Bertz CT molecular complexity index is 1190. The van der Waals surface area contributed by atoms with Crippen LogP contribution in [0.2, 0.25) is 0 Å². The van der Waals surface area contributed by atoms with E-state index in [1.807, 2.05) is 43.3 Å². The molecule has 1 aliphatic carbocycles. The zero-order valence-corrected chi connectivity index (χ0v) is 19.5. The molecule has 1 N–H and O–H groups in total. The van der Waals surface area contributed by atoms with E-state index in [1.165, 1.54) is 5.56 Å². The minimum Gasteiger partial charge on any atom is -0.497 e. The lowest BCUT2D eigenvalue weighted by molar-refractivity contribution is 0.105. The normalized spacial score (nSPS) is 12.9. The predicted octanol–water partition coefficient (Wildman–Crippen LogP) is 7.19. The number of aryl methyl sites for hydroxylation is 2. The molecule has 0 spiro atoms. The van der Waals surface area contributed by atoms with E-state index in [2.05, 4.69) is 36.4 Å². The number of ketones is 1. The lowest BCUT2D eigenvalue weighted by atomic mass is 9.79. The van der Waals surface area contributed by atoms with E-state index in [-0.39, 0.29) is 5.78 Å². The van der Waals surface area contributed by atoms with Crippen LogP contribution in [0.25, 0.3) is 11.1 Å². The molecule has 0 aliphatic heterocycles. The number of allylic oxidation sites excluding steroid dienone is 2. The number of carbonyl (C=O) groups is 1. The molecule has 0 heterocycles. The maximum Gasteiger partial charge on any atom is 0.194 e. The number of ether oxygens (including phenoxy) is 1. The smallest absolute Gasteiger partial charge is 0.194 e. The standard InChI is InChI=1S/C30H31NO2/c1-3-24(31)12-8-11-21-9-5-7-14-28(21)30(32)29-26-13-6-4-10-22(26)17-20-27(29)23-15-18-25(33-2)19-16-23/h4-7,9-10,13-16,18-19,31H,3,8,11-12,17,20H2,1-2H3. The number of benzene rings is 3. The van der Waals surface area contributed by atoms with Crippen molar-refractivity contribution in [2.75, 3.05) is 7.11 Å². The van der Waals surface area contributed by atoms with Gasteiger partial charge in [-0.15, -0.1) is 0 Å². The van der Waals surface area contributed by atoms with E-state index in [0.29, 0.717) is 0 Å². The molecule has 4 rings (SSSR count). The monoisotopic (exact) mass is 437 g/mol. The van der Waals surface area contributed by atoms with Crippen LogP contribution in [0.15, 0.2) is 72.8 Å². The Labute approximate surface area is 196 Å². The van der Waals surface area contributed by atoms with Gasteiger partial charge >= 0.3 is 0 Å². The highest BCUT2D eigenvalue weighted by Gasteiger charge is 2.27. The van der Waals surface area contributed by atoms with Gasteiger partial charge in [0.2, 0.25) is 0 Å². The van der Waals surface area contributed by atoms with Crippen LogP contribution in [0.1, 0.15) is 65.2 Å². The summed E-state index contributed by atoms with van der Waals surface area (Å²) in [5.74, 6) is 0.903. The van der Waals surface area contributed by atoms with Gasteiger partial charge in [-0.05, 0) is 78.5 Å². The summed E-state index contributed by atoms with van der Waals surface area (Å²) in [6.07, 6.45) is 5.02. The van der Waals surface area contributed by atoms with Crippen LogP contribution >= 0.6 is 0 Å². The largest absolute Gasteiger partial charge is 0.497 e. The Morgan fingerprint density at radius 3 is 2.42 bits per heavy atom. The third-order valence-corrected chi connectivity index (χ3v) is 6.51. The van der Waals surface area contributed by atoms with E-state index in [9.17, 15) is 4.79 Å². The Balaban J connectivity index is 1.77. The van der Waals surface area contributed by atoms with Crippen molar-refractivity contribution in [3.63, 3.8) is 0 Å². The van der Waals surface area contributed by atoms with Gasteiger partial charge in [0.15, 0.2) is 5.78 Å². The van der Waals surface area contributed by atoms with Gasteiger partial charge in [-0.25, -0.2) is 0 Å². The number of rotatable bonds is 9. The third-order valence-electron chi connectivity index (χ3n) is 6.51. The number of carbonyl (C=O) groups excluding carboxylic acids is 1. The van der Waals surface area contributed by atoms with Crippen molar-refractivity contribution in [2.24, 2.45) is 0 Å². The van der Waals surface area contributed by atoms with Crippen LogP contribution in [0.5, 0.6) is 5.75 Å². The minimum absolute atomic E-state index is 0.0918. The first kappa shape index (κ1) is 22.7. The summed E-state index contributed by atoms with van der Waals surface area (Å²) in [4.78, 5) is 14.1. The summed E-state index contributed by atoms with van der Waals surface area (Å²) in [6, 6.07) is 24.3. The summed E-state index contributed by atoms with van der Waals surface area (Å²) >= 11 is 0. The molecule has 0 saturated heterocycles. The van der Waals surface area contributed by atoms with Crippen molar-refractivity contribution in [1.29, 1.82) is 5.41 Å². The second kappa shape index (κ2) is 10.4. The molecular weight excluding hydrogens is 406 g/mol. The zero-order valence-electron chi connectivity index (χ0n) is 19.5. The van der Waals surface area contributed by atoms with Gasteiger partial charge in [-0.1, -0.05) is 67.6 Å². The van der Waals surface area contributed by atoms with E-state index >= 15 is 0 Å². The van der Waals surface area contributed by atoms with E-state index in [4.69, 9.17) is 10.1 Å². The van der Waals surface area contributed by atoms with Crippen LogP contribution in [0, 0.1) is 5.41 Å². The molecule has 0 aromatic heterocycles. The van der Waals surface area contributed by atoms with E-state index in [0.717, 1.165) is 83.4 Å². The molecule has 0 unspecified atom stereocenters. The molecule has 168 valence electrons. The molecule has 3 heteroatoms. The highest BCUT2D eigenvalue weighted by atomic mass is 16.5. The minimum atomic E-state index is 0.0918. The van der Waals surface area contributed by atoms with Gasteiger partial charge in [-0.2, -0.15) is 0 Å². The molecule has 33 heavy (non-hydrogen) atoms. The summed E-state index contributed by atoms with van der Waals surface area (Å²) < 4.78 is 5.34. The van der Waals surface area contributed by atoms with E-state index in [1.54, 1.807) is 7.11 Å². The summed E-state index contributed by atoms with van der Waals surface area (Å²) in [5.41, 5.74) is 7.87. The Morgan fingerprint density at radius 2 is 1.67 bits per heavy atom. The number of fused-ring (bicyclic) bond motifs is 1. The average Bonchev–Trinajstić information content (AvgIpc) is 2.87. The molecule has 3 nitrogen and oxygen atoms in total. The maximum atomic E-state index is 14.1. The van der Waals surface area contributed by atoms with Crippen molar-refractivity contribution < 1.29 is 9.53 Å². The number of methoxy groups -OCH3 is 1. The fraction of sp³-hybridized carbons (Fsp3) is 0.267. The highest BCUT2D eigenvalue weighted by molar-refractivity contribution is 6.35. The quantitative estimate of drug-likeness (QED) is 0.284. The molecule has 0 atom stereocenters. The fourth-order valence-corrected chi connectivity index (χ4v) is 4.63. The molecule has 3 aromatic carbocycles. The van der Waals surface area contributed by atoms with Gasteiger partial charge in [0.1, 0.15) is 5.75 Å². The molecule has 1 aliphatic rings. The van der Waals surface area contributed by atoms with Crippen molar-refractivity contribution in [3.05, 3.63) is 101 Å². The van der Waals surface area contributed by atoms with Crippen LogP contribution in [-0.2, 0) is 12.8 Å². The van der Waals surface area contributed by atoms with Crippen LogP contribution in [0.4, 0.5) is 0 Å². The second-order valence-electron chi connectivity index (χ2n) is 8.54. The van der Waals surface area contributed by atoms with Crippen molar-refractivity contribution >= 4 is 22.6 Å². The Kier molecular flexibility index (Phi) is 7.19. The van der Waals surface area contributed by atoms with E-state index < -0.39 is 0 Å². The maximum absolute atomic E-state index is 14.1. The lowest BCUT2D eigenvalue weighted by Crippen LogP contribution is -2.14. The van der Waals surface area contributed by atoms with Gasteiger partial charge in [0, 0.05) is 16.8 Å². The van der Waals surface area contributed by atoms with Gasteiger partial charge < -0.3 is 10.1 Å². The van der Waals surface area contributed by atoms with Gasteiger partial charge in [0.25, 0.3) is 0 Å². The Hall–Kier alpha value is -3.46. The molecule has 3 aromatic rings. The van der Waals surface area contributed by atoms with Gasteiger partial charge in [0.05, 0.1) is 7.11 Å². The van der Waals surface area contributed by atoms with Crippen LogP contribution < -0.4 is 4.74 Å². The first-order valence-corrected chi connectivity index (χ1v) is 11.8. The molecule has 0 amide bonds. The lowest BCUT2D eigenvalue weighted by Gasteiger charge is -2.24. The summed E-state index contributed by atoms with van der Waals surface area (Å²) in [6.45, 7) is 2.02. The van der Waals surface area contributed by atoms with Crippen LogP contribution in [-0.4, -0.2) is 18.6 Å². The molecule has 0 radical (unpaired) electrons. The topological polar surface area (TPSA) is 50.2 Å². The number of nitrogens with one attached hydrogen (secondary N) is 1. The number of hydrogen-bond acceptors (Lipinski definition) is 3. The highest BCUT2D eigenvalue weighted by Crippen LogP contribution is 2.39. The average molecular weight is 438 g/mol.